The van der Waals surface area contributed by atoms with Crippen LogP contribution >= 0.6 is 22.7 Å². The van der Waals surface area contributed by atoms with Gasteiger partial charge in [-0.2, -0.15) is 11.3 Å². The maximum absolute atomic E-state index is 5.83. The van der Waals surface area contributed by atoms with Crippen molar-refractivity contribution in [3.8, 4) is 16.3 Å². The summed E-state index contributed by atoms with van der Waals surface area (Å²) in [6.07, 6.45) is 0. The summed E-state index contributed by atoms with van der Waals surface area (Å²) in [5.41, 5.74) is 3.37. The third-order valence-corrected chi connectivity index (χ3v) is 4.61. The van der Waals surface area contributed by atoms with Crippen molar-refractivity contribution in [1.29, 1.82) is 0 Å². The van der Waals surface area contributed by atoms with Crippen molar-refractivity contribution in [2.24, 2.45) is 0 Å². The minimum Gasteiger partial charge on any atom is -0.487 e. The summed E-state index contributed by atoms with van der Waals surface area (Å²) in [6.45, 7) is 1.35. The number of nitrogens with one attached hydrogen (secondary N) is 1. The van der Waals surface area contributed by atoms with Gasteiger partial charge in [0.1, 0.15) is 17.4 Å². The van der Waals surface area contributed by atoms with E-state index in [4.69, 9.17) is 4.74 Å². The van der Waals surface area contributed by atoms with E-state index in [2.05, 4.69) is 44.6 Å². The van der Waals surface area contributed by atoms with Gasteiger partial charge in [-0.25, -0.2) is 4.98 Å². The molecule has 0 aliphatic rings. The number of hydrogen-bond acceptors (Lipinski definition) is 5. The number of rotatable bonds is 6. The third-order valence-electron chi connectivity index (χ3n) is 2.99. The molecule has 0 saturated heterocycles. The third kappa shape index (κ3) is 3.69. The van der Waals surface area contributed by atoms with Gasteiger partial charge in [-0.1, -0.05) is 12.1 Å². The molecule has 0 bridgehead atoms. The molecule has 0 fully saturated rings. The van der Waals surface area contributed by atoms with E-state index in [9.17, 15) is 0 Å². The zero-order valence-electron chi connectivity index (χ0n) is 11.7. The molecule has 0 unspecified atom stereocenters. The smallest absolute Gasteiger partial charge is 0.131 e. The molecule has 0 atom stereocenters. The van der Waals surface area contributed by atoms with Gasteiger partial charge in [0.25, 0.3) is 0 Å². The van der Waals surface area contributed by atoms with Gasteiger partial charge in [0.15, 0.2) is 0 Å². The predicted octanol–water partition coefficient (Wildman–Crippen LogP) is 4.17. The zero-order valence-corrected chi connectivity index (χ0v) is 13.3. The summed E-state index contributed by atoms with van der Waals surface area (Å²) in [5.74, 6) is 0.882. The maximum Gasteiger partial charge on any atom is 0.131 e. The normalized spacial score (nSPS) is 10.7. The lowest BCUT2D eigenvalue weighted by molar-refractivity contribution is 0.302. The molecule has 108 valence electrons. The summed E-state index contributed by atoms with van der Waals surface area (Å²) < 4.78 is 5.83. The first-order valence-electron chi connectivity index (χ1n) is 6.68. The number of ether oxygens (including phenoxy) is 1. The van der Waals surface area contributed by atoms with Gasteiger partial charge in [-0.05, 0) is 36.2 Å². The molecule has 1 N–H and O–H groups in total. The number of nitrogens with zero attached hydrogens (tertiary/aromatic N) is 1. The number of thiophene rings is 1. The Balaban J connectivity index is 1.64. The van der Waals surface area contributed by atoms with Crippen LogP contribution in [0.1, 0.15) is 11.3 Å². The molecule has 2 aromatic heterocycles. The fourth-order valence-corrected chi connectivity index (χ4v) is 3.52. The predicted molar refractivity (Wildman–Crippen MR) is 89.0 cm³/mol. The molecule has 0 spiro atoms. The fraction of sp³-hybridized carbons (Fsp3) is 0.188. The molecule has 21 heavy (non-hydrogen) atoms. The van der Waals surface area contributed by atoms with Crippen LogP contribution in [-0.4, -0.2) is 12.0 Å². The van der Waals surface area contributed by atoms with Crippen LogP contribution in [0.25, 0.3) is 10.6 Å². The van der Waals surface area contributed by atoms with E-state index in [1.165, 1.54) is 11.1 Å². The van der Waals surface area contributed by atoms with E-state index in [-0.39, 0.29) is 0 Å². The van der Waals surface area contributed by atoms with Gasteiger partial charge in [0, 0.05) is 22.9 Å². The molecule has 1 aromatic carbocycles. The van der Waals surface area contributed by atoms with Crippen LogP contribution in [0.5, 0.6) is 5.75 Å². The molecule has 2 heterocycles. The second-order valence-corrected chi connectivity index (χ2v) is 6.26. The molecule has 5 heteroatoms. The largest absolute Gasteiger partial charge is 0.487 e. The summed E-state index contributed by atoms with van der Waals surface area (Å²) >= 11 is 3.35. The molecule has 0 aliphatic heterocycles. The van der Waals surface area contributed by atoms with Crippen molar-refractivity contribution in [1.82, 2.24) is 10.3 Å². The summed E-state index contributed by atoms with van der Waals surface area (Å²) in [5, 5.41) is 10.4. The van der Waals surface area contributed by atoms with Crippen LogP contribution in [0.15, 0.2) is 46.5 Å². The Morgan fingerprint density at radius 2 is 2.19 bits per heavy atom. The van der Waals surface area contributed by atoms with Crippen LogP contribution < -0.4 is 10.1 Å². The highest BCUT2D eigenvalue weighted by Gasteiger charge is 2.06. The highest BCUT2D eigenvalue weighted by Crippen LogP contribution is 2.26. The summed E-state index contributed by atoms with van der Waals surface area (Å²) in [4.78, 5) is 4.61. The standard InChI is InChI=1S/C16H16N2OS2/c1-17-8-12-3-2-4-15(7-12)19-9-14-11-21-16(18-14)13-5-6-20-10-13/h2-7,10-11,17H,8-9H2,1H3. The van der Waals surface area contributed by atoms with E-state index in [1.54, 1.807) is 22.7 Å². The lowest BCUT2D eigenvalue weighted by atomic mass is 10.2. The van der Waals surface area contributed by atoms with Gasteiger partial charge in [0.2, 0.25) is 0 Å². The Bertz CT molecular complexity index is 692. The van der Waals surface area contributed by atoms with Crippen LogP contribution in [0.3, 0.4) is 0 Å². The second-order valence-electron chi connectivity index (χ2n) is 4.62. The van der Waals surface area contributed by atoms with Crippen LogP contribution in [-0.2, 0) is 13.2 Å². The molecule has 3 aromatic rings. The lowest BCUT2D eigenvalue weighted by Gasteiger charge is -2.06. The Kier molecular flexibility index (Phi) is 4.65. The van der Waals surface area contributed by atoms with Gasteiger partial charge < -0.3 is 10.1 Å². The van der Waals surface area contributed by atoms with E-state index in [0.717, 1.165) is 23.0 Å². The molecule has 0 radical (unpaired) electrons. The average Bonchev–Trinajstić information content (AvgIpc) is 3.17. The van der Waals surface area contributed by atoms with Gasteiger partial charge in [0.05, 0.1) is 5.69 Å². The van der Waals surface area contributed by atoms with Gasteiger partial charge in [-0.15, -0.1) is 11.3 Å². The van der Waals surface area contributed by atoms with Crippen molar-refractivity contribution in [3.63, 3.8) is 0 Å². The lowest BCUT2D eigenvalue weighted by Crippen LogP contribution is -2.05. The van der Waals surface area contributed by atoms with E-state index >= 15 is 0 Å². The SMILES string of the molecule is CNCc1cccc(OCc2csc(-c3ccsc3)n2)c1. The molecule has 3 rings (SSSR count). The number of hydrogen-bond donors (Lipinski definition) is 1. The quantitative estimate of drug-likeness (QED) is 0.741. The Morgan fingerprint density at radius 3 is 3.00 bits per heavy atom. The van der Waals surface area contributed by atoms with Gasteiger partial charge in [-0.3, -0.25) is 0 Å². The highest BCUT2D eigenvalue weighted by atomic mass is 32.1. The second kappa shape index (κ2) is 6.85. The average molecular weight is 316 g/mol. The summed E-state index contributed by atoms with van der Waals surface area (Å²) in [7, 11) is 1.94. The monoisotopic (exact) mass is 316 g/mol. The molecule has 0 amide bonds. The van der Waals surface area contributed by atoms with E-state index in [1.807, 2.05) is 19.2 Å². The minimum atomic E-state index is 0.504. The van der Waals surface area contributed by atoms with E-state index in [0.29, 0.717) is 6.61 Å². The zero-order chi connectivity index (χ0) is 14.5. The first-order chi connectivity index (χ1) is 10.3. The van der Waals surface area contributed by atoms with Crippen molar-refractivity contribution in [3.05, 3.63) is 57.7 Å². The summed E-state index contributed by atoms with van der Waals surface area (Å²) in [6, 6.07) is 10.2. The van der Waals surface area contributed by atoms with Crippen LogP contribution in [0, 0.1) is 0 Å². The fourth-order valence-electron chi connectivity index (χ4n) is 2.00. The van der Waals surface area contributed by atoms with E-state index < -0.39 is 0 Å². The Morgan fingerprint density at radius 1 is 1.24 bits per heavy atom. The Hall–Kier alpha value is -1.69. The molecule has 3 nitrogen and oxygen atoms in total. The molecule has 0 saturated carbocycles. The van der Waals surface area contributed by atoms with Gasteiger partial charge >= 0.3 is 0 Å². The minimum absolute atomic E-state index is 0.504. The highest BCUT2D eigenvalue weighted by molar-refractivity contribution is 7.14. The van der Waals surface area contributed by atoms with Crippen molar-refractivity contribution in [2.75, 3.05) is 7.05 Å². The number of benzene rings is 1. The van der Waals surface area contributed by atoms with Crippen molar-refractivity contribution in [2.45, 2.75) is 13.2 Å². The van der Waals surface area contributed by atoms with Crippen LogP contribution in [0.4, 0.5) is 0 Å². The number of aromatic nitrogens is 1. The maximum atomic E-state index is 5.83. The van der Waals surface area contributed by atoms with Crippen molar-refractivity contribution < 1.29 is 4.74 Å². The topological polar surface area (TPSA) is 34.1 Å². The molecule has 0 aliphatic carbocycles. The molecular formula is C16H16N2OS2. The molecular weight excluding hydrogens is 300 g/mol. The van der Waals surface area contributed by atoms with Crippen LogP contribution in [0.2, 0.25) is 0 Å². The first-order valence-corrected chi connectivity index (χ1v) is 8.51. The Labute approximate surface area is 132 Å². The first kappa shape index (κ1) is 14.3. The number of thiazole rings is 1. The van der Waals surface area contributed by atoms with Crippen molar-refractivity contribution >= 4 is 22.7 Å².